The second-order valence-electron chi connectivity index (χ2n) is 4.23. The van der Waals surface area contributed by atoms with E-state index in [1.807, 2.05) is 30.3 Å². The van der Waals surface area contributed by atoms with Crippen LogP contribution in [-0.2, 0) is 16.4 Å². The Hall–Kier alpha value is -0.910. The van der Waals surface area contributed by atoms with Gasteiger partial charge in [0.15, 0.2) is 0 Å². The minimum atomic E-state index is -3.16. The lowest BCUT2D eigenvalue weighted by atomic mass is 10.1. The third-order valence-electron chi connectivity index (χ3n) is 2.63. The van der Waals surface area contributed by atoms with Crippen LogP contribution in [0.3, 0.4) is 0 Å². The predicted octanol–water partition coefficient (Wildman–Crippen LogP) is 1.31. The van der Waals surface area contributed by atoms with Crippen molar-refractivity contribution in [3.63, 3.8) is 0 Å². The van der Waals surface area contributed by atoms with Gasteiger partial charge in [-0.05, 0) is 31.2 Å². The van der Waals surface area contributed by atoms with Crippen LogP contribution in [0.2, 0.25) is 0 Å². The van der Waals surface area contributed by atoms with E-state index in [1.165, 1.54) is 0 Å². The number of hydrogen-bond donors (Lipinski definition) is 2. The number of hydrogen-bond acceptors (Lipinski definition) is 3. The minimum absolute atomic E-state index is 0.107. The van der Waals surface area contributed by atoms with Gasteiger partial charge in [0.05, 0.1) is 5.75 Å². The highest BCUT2D eigenvalue weighted by molar-refractivity contribution is 7.89. The Morgan fingerprint density at radius 3 is 2.44 bits per heavy atom. The zero-order chi connectivity index (χ0) is 13.3. The highest BCUT2D eigenvalue weighted by Crippen LogP contribution is 2.03. The number of sulfonamides is 1. The Bertz CT molecular complexity index is 417. The van der Waals surface area contributed by atoms with Crippen LogP contribution in [-0.4, -0.2) is 32.4 Å². The third kappa shape index (κ3) is 6.74. The van der Waals surface area contributed by atoms with Crippen molar-refractivity contribution >= 4 is 10.0 Å². The molecule has 1 rings (SSSR count). The maximum absolute atomic E-state index is 11.6. The number of rotatable bonds is 9. The molecule has 1 aromatic carbocycles. The quantitative estimate of drug-likeness (QED) is 0.666. The molecule has 4 nitrogen and oxygen atoms in total. The van der Waals surface area contributed by atoms with Crippen LogP contribution in [0.4, 0.5) is 0 Å². The van der Waals surface area contributed by atoms with Gasteiger partial charge in [0.2, 0.25) is 10.0 Å². The first-order chi connectivity index (χ1) is 8.64. The van der Waals surface area contributed by atoms with E-state index in [-0.39, 0.29) is 12.4 Å². The SMILES string of the molecule is O=S(=O)(CCCc1ccccc1)NCCCCO. The molecule has 0 saturated carbocycles. The summed E-state index contributed by atoms with van der Waals surface area (Å²) >= 11 is 0. The molecule has 102 valence electrons. The van der Waals surface area contributed by atoms with Crippen LogP contribution < -0.4 is 4.72 Å². The molecule has 0 amide bonds. The number of benzene rings is 1. The fourth-order valence-corrected chi connectivity index (χ4v) is 2.77. The van der Waals surface area contributed by atoms with Gasteiger partial charge in [0, 0.05) is 13.2 Å². The van der Waals surface area contributed by atoms with E-state index in [9.17, 15) is 8.42 Å². The van der Waals surface area contributed by atoms with E-state index in [4.69, 9.17) is 5.11 Å². The van der Waals surface area contributed by atoms with Gasteiger partial charge in [-0.15, -0.1) is 0 Å². The molecule has 0 spiro atoms. The van der Waals surface area contributed by atoms with Crippen LogP contribution in [0.15, 0.2) is 30.3 Å². The second-order valence-corrected chi connectivity index (χ2v) is 6.16. The van der Waals surface area contributed by atoms with Crippen LogP contribution in [0.1, 0.15) is 24.8 Å². The predicted molar refractivity (Wildman–Crippen MR) is 72.9 cm³/mol. The molecule has 2 N–H and O–H groups in total. The molecule has 0 bridgehead atoms. The van der Waals surface area contributed by atoms with Crippen LogP contribution in [0, 0.1) is 0 Å². The molecule has 5 heteroatoms. The lowest BCUT2D eigenvalue weighted by molar-refractivity contribution is 0.285. The minimum Gasteiger partial charge on any atom is -0.396 e. The lowest BCUT2D eigenvalue weighted by Crippen LogP contribution is -2.27. The van der Waals surface area contributed by atoms with Crippen molar-refractivity contribution in [3.05, 3.63) is 35.9 Å². The van der Waals surface area contributed by atoms with E-state index in [0.717, 1.165) is 12.0 Å². The van der Waals surface area contributed by atoms with Gasteiger partial charge in [0.25, 0.3) is 0 Å². The van der Waals surface area contributed by atoms with E-state index in [2.05, 4.69) is 4.72 Å². The van der Waals surface area contributed by atoms with Crippen molar-refractivity contribution < 1.29 is 13.5 Å². The normalized spacial score (nSPS) is 11.6. The summed E-state index contributed by atoms with van der Waals surface area (Å²) in [5.41, 5.74) is 1.16. The standard InChI is InChI=1S/C13H21NO3S/c15-11-5-4-10-14-18(16,17)12-6-9-13-7-2-1-3-8-13/h1-3,7-8,14-15H,4-6,9-12H2. The molecule has 0 radical (unpaired) electrons. The van der Waals surface area contributed by atoms with Gasteiger partial charge in [-0.1, -0.05) is 30.3 Å². The molecular formula is C13H21NO3S. The van der Waals surface area contributed by atoms with Crippen molar-refractivity contribution in [1.82, 2.24) is 4.72 Å². The van der Waals surface area contributed by atoms with Crippen LogP contribution in [0.5, 0.6) is 0 Å². The molecule has 18 heavy (non-hydrogen) atoms. The molecule has 1 aromatic rings. The Kier molecular flexibility index (Phi) is 6.93. The average molecular weight is 271 g/mol. The summed E-state index contributed by atoms with van der Waals surface area (Å²) in [6.07, 6.45) is 2.71. The monoisotopic (exact) mass is 271 g/mol. The summed E-state index contributed by atoms with van der Waals surface area (Å²) in [4.78, 5) is 0. The number of nitrogens with one attached hydrogen (secondary N) is 1. The van der Waals surface area contributed by atoms with Gasteiger partial charge in [-0.2, -0.15) is 0 Å². The van der Waals surface area contributed by atoms with Gasteiger partial charge in [-0.25, -0.2) is 13.1 Å². The van der Waals surface area contributed by atoms with Crippen LogP contribution in [0.25, 0.3) is 0 Å². The highest BCUT2D eigenvalue weighted by Gasteiger charge is 2.08. The average Bonchev–Trinajstić information content (AvgIpc) is 2.36. The first-order valence-electron chi connectivity index (χ1n) is 6.26. The third-order valence-corrected chi connectivity index (χ3v) is 4.10. The highest BCUT2D eigenvalue weighted by atomic mass is 32.2. The molecule has 0 fully saturated rings. The number of aryl methyl sites for hydroxylation is 1. The summed E-state index contributed by atoms with van der Waals surface area (Å²) in [7, 11) is -3.16. The first-order valence-corrected chi connectivity index (χ1v) is 7.91. The van der Waals surface area contributed by atoms with Crippen molar-refractivity contribution in [3.8, 4) is 0 Å². The van der Waals surface area contributed by atoms with Gasteiger partial charge in [-0.3, -0.25) is 0 Å². The summed E-state index contributed by atoms with van der Waals surface area (Å²) in [6.45, 7) is 0.518. The molecule has 0 aliphatic heterocycles. The summed E-state index contributed by atoms with van der Waals surface area (Å²) < 4.78 is 25.8. The lowest BCUT2D eigenvalue weighted by Gasteiger charge is -2.06. The molecule has 0 saturated heterocycles. The number of aliphatic hydroxyl groups excluding tert-OH is 1. The van der Waals surface area contributed by atoms with Gasteiger partial charge >= 0.3 is 0 Å². The van der Waals surface area contributed by atoms with Crippen molar-refractivity contribution in [1.29, 1.82) is 0 Å². The first kappa shape index (κ1) is 15.1. The van der Waals surface area contributed by atoms with E-state index in [1.54, 1.807) is 0 Å². The van der Waals surface area contributed by atoms with Crippen molar-refractivity contribution in [2.45, 2.75) is 25.7 Å². The van der Waals surface area contributed by atoms with Crippen molar-refractivity contribution in [2.75, 3.05) is 18.9 Å². The Balaban J connectivity index is 2.21. The van der Waals surface area contributed by atoms with Crippen molar-refractivity contribution in [2.24, 2.45) is 0 Å². The summed E-state index contributed by atoms with van der Waals surface area (Å²) in [6, 6.07) is 9.86. The molecular weight excluding hydrogens is 250 g/mol. The van der Waals surface area contributed by atoms with E-state index < -0.39 is 10.0 Å². The molecule has 0 atom stereocenters. The Labute approximate surface area is 109 Å². The largest absolute Gasteiger partial charge is 0.396 e. The van der Waals surface area contributed by atoms with Gasteiger partial charge in [0.1, 0.15) is 0 Å². The second kappa shape index (κ2) is 8.24. The summed E-state index contributed by atoms with van der Waals surface area (Å²) in [5, 5.41) is 8.59. The fraction of sp³-hybridized carbons (Fsp3) is 0.538. The Morgan fingerprint density at radius 2 is 1.78 bits per heavy atom. The maximum Gasteiger partial charge on any atom is 0.211 e. The topological polar surface area (TPSA) is 66.4 Å². The van der Waals surface area contributed by atoms with Crippen LogP contribution >= 0.6 is 0 Å². The number of unbranched alkanes of at least 4 members (excludes halogenated alkanes) is 1. The maximum atomic E-state index is 11.6. The molecule has 0 aromatic heterocycles. The Morgan fingerprint density at radius 1 is 1.06 bits per heavy atom. The number of aliphatic hydroxyl groups is 1. The summed E-state index contributed by atoms with van der Waals surface area (Å²) in [5.74, 6) is 0.154. The zero-order valence-corrected chi connectivity index (χ0v) is 11.3. The molecule has 0 aliphatic rings. The van der Waals surface area contributed by atoms with Gasteiger partial charge < -0.3 is 5.11 Å². The smallest absolute Gasteiger partial charge is 0.211 e. The molecule has 0 heterocycles. The molecule has 0 aliphatic carbocycles. The molecule has 0 unspecified atom stereocenters. The zero-order valence-electron chi connectivity index (χ0n) is 10.5. The fourth-order valence-electron chi connectivity index (χ4n) is 1.65. The van der Waals surface area contributed by atoms with E-state index >= 15 is 0 Å². The van der Waals surface area contributed by atoms with E-state index in [0.29, 0.717) is 25.8 Å².